The number of nitrogens with zero attached hydrogens (tertiary/aromatic N) is 2. The van der Waals surface area contributed by atoms with E-state index in [1.165, 1.54) is 56.3 Å². The molecule has 1 atom stereocenters. The van der Waals surface area contributed by atoms with Crippen LogP contribution in [-0.4, -0.2) is 9.38 Å². The Hall–Kier alpha value is -1.35. The predicted molar refractivity (Wildman–Crippen MR) is 91.8 cm³/mol. The molecular formula is C19H29N3. The van der Waals surface area contributed by atoms with E-state index in [0.29, 0.717) is 5.92 Å². The molecule has 2 heterocycles. The second kappa shape index (κ2) is 6.82. The van der Waals surface area contributed by atoms with Gasteiger partial charge in [-0.15, -0.1) is 0 Å². The minimum Gasteiger partial charge on any atom is -0.322 e. The molecule has 3 heteroatoms. The maximum absolute atomic E-state index is 6.63. The highest BCUT2D eigenvalue weighted by atomic mass is 15.0. The summed E-state index contributed by atoms with van der Waals surface area (Å²) < 4.78 is 2.23. The van der Waals surface area contributed by atoms with Crippen LogP contribution < -0.4 is 5.73 Å². The maximum Gasteiger partial charge on any atom is 0.137 e. The molecule has 1 unspecified atom stereocenters. The lowest BCUT2D eigenvalue weighted by Gasteiger charge is -2.32. The van der Waals surface area contributed by atoms with Crippen LogP contribution >= 0.6 is 0 Å². The fourth-order valence-corrected chi connectivity index (χ4v) is 4.04. The zero-order valence-electron chi connectivity index (χ0n) is 14.0. The Labute approximate surface area is 133 Å². The monoisotopic (exact) mass is 299 g/mol. The van der Waals surface area contributed by atoms with Gasteiger partial charge in [0, 0.05) is 11.7 Å². The lowest BCUT2D eigenvalue weighted by Crippen LogP contribution is -2.27. The number of pyridine rings is 1. The van der Waals surface area contributed by atoms with E-state index in [1.807, 2.05) is 6.20 Å². The number of fused-ring (bicyclic) bond motifs is 1. The van der Waals surface area contributed by atoms with Gasteiger partial charge in [-0.05, 0) is 43.7 Å². The molecule has 0 spiro atoms. The molecular weight excluding hydrogens is 270 g/mol. The molecule has 0 saturated heterocycles. The summed E-state index contributed by atoms with van der Waals surface area (Å²) in [4.78, 5) is 4.53. The summed E-state index contributed by atoms with van der Waals surface area (Å²) in [5, 5.41) is 0. The normalized spacial score (nSPS) is 23.8. The molecule has 1 saturated carbocycles. The summed E-state index contributed by atoms with van der Waals surface area (Å²) >= 11 is 0. The Balaban J connectivity index is 1.70. The maximum atomic E-state index is 6.63. The Morgan fingerprint density at radius 2 is 2.05 bits per heavy atom. The van der Waals surface area contributed by atoms with Crippen LogP contribution in [0.3, 0.4) is 0 Å². The lowest BCUT2D eigenvalue weighted by atomic mass is 9.76. The van der Waals surface area contributed by atoms with Gasteiger partial charge >= 0.3 is 0 Å². The molecule has 22 heavy (non-hydrogen) atoms. The van der Waals surface area contributed by atoms with Crippen molar-refractivity contribution in [3.8, 4) is 0 Å². The molecule has 0 bridgehead atoms. The van der Waals surface area contributed by atoms with E-state index >= 15 is 0 Å². The molecule has 2 aromatic rings. The summed E-state index contributed by atoms with van der Waals surface area (Å²) in [6.07, 6.45) is 11.4. The molecule has 0 aliphatic heterocycles. The number of aromatic nitrogens is 2. The number of aryl methyl sites for hydroxylation is 1. The van der Waals surface area contributed by atoms with E-state index in [1.54, 1.807) is 0 Å². The second-order valence-corrected chi connectivity index (χ2v) is 6.99. The molecule has 1 fully saturated rings. The zero-order valence-corrected chi connectivity index (χ0v) is 14.0. The third-order valence-corrected chi connectivity index (χ3v) is 5.46. The average molecular weight is 299 g/mol. The quantitative estimate of drug-likeness (QED) is 0.874. The Kier molecular flexibility index (Phi) is 4.82. The van der Waals surface area contributed by atoms with Crippen molar-refractivity contribution in [2.24, 2.45) is 17.6 Å². The van der Waals surface area contributed by atoms with Crippen molar-refractivity contribution in [2.75, 3.05) is 0 Å². The van der Waals surface area contributed by atoms with Crippen LogP contribution in [0.5, 0.6) is 0 Å². The lowest BCUT2D eigenvalue weighted by molar-refractivity contribution is 0.230. The number of unbranched alkanes of at least 4 members (excludes halogenated alkanes) is 1. The van der Waals surface area contributed by atoms with Crippen LogP contribution in [-0.2, 0) is 0 Å². The van der Waals surface area contributed by atoms with Crippen LogP contribution in [0.2, 0.25) is 0 Å². The van der Waals surface area contributed by atoms with Crippen molar-refractivity contribution in [2.45, 2.75) is 64.8 Å². The topological polar surface area (TPSA) is 43.3 Å². The van der Waals surface area contributed by atoms with E-state index in [-0.39, 0.29) is 6.04 Å². The largest absolute Gasteiger partial charge is 0.322 e. The van der Waals surface area contributed by atoms with Crippen LogP contribution in [0.4, 0.5) is 0 Å². The standard InChI is InChI=1S/C19H29N3/c1-3-4-7-15-9-11-16(12-10-15)19(20)17-13-21-18-8-5-6-14(2)22(17)18/h5-6,8,13,15-16,19H,3-4,7,9-12,20H2,1-2H3. The molecule has 120 valence electrons. The second-order valence-electron chi connectivity index (χ2n) is 6.99. The van der Waals surface area contributed by atoms with Crippen molar-refractivity contribution >= 4 is 5.65 Å². The molecule has 2 aromatic heterocycles. The first-order valence-electron chi connectivity index (χ1n) is 8.89. The summed E-state index contributed by atoms with van der Waals surface area (Å²) in [7, 11) is 0. The predicted octanol–water partition coefficient (Wildman–Crippen LogP) is 4.64. The van der Waals surface area contributed by atoms with E-state index in [0.717, 1.165) is 11.6 Å². The summed E-state index contributed by atoms with van der Waals surface area (Å²) in [6, 6.07) is 6.37. The molecule has 2 N–H and O–H groups in total. The number of hydrogen-bond acceptors (Lipinski definition) is 2. The van der Waals surface area contributed by atoms with Gasteiger partial charge in [0.1, 0.15) is 5.65 Å². The van der Waals surface area contributed by atoms with Gasteiger partial charge in [-0.25, -0.2) is 4.98 Å². The van der Waals surface area contributed by atoms with Gasteiger partial charge in [-0.1, -0.05) is 45.1 Å². The average Bonchev–Trinajstić information content (AvgIpc) is 2.98. The van der Waals surface area contributed by atoms with Crippen molar-refractivity contribution in [3.63, 3.8) is 0 Å². The highest BCUT2D eigenvalue weighted by Crippen LogP contribution is 2.37. The molecule has 0 radical (unpaired) electrons. The summed E-state index contributed by atoms with van der Waals surface area (Å²) in [5.41, 5.74) is 10.1. The van der Waals surface area contributed by atoms with Crippen molar-refractivity contribution in [1.82, 2.24) is 9.38 Å². The van der Waals surface area contributed by atoms with E-state index in [9.17, 15) is 0 Å². The minimum atomic E-state index is 0.114. The highest BCUT2D eigenvalue weighted by Gasteiger charge is 2.28. The fraction of sp³-hybridized carbons (Fsp3) is 0.632. The fourth-order valence-electron chi connectivity index (χ4n) is 4.04. The van der Waals surface area contributed by atoms with Crippen LogP contribution in [0.25, 0.3) is 5.65 Å². The van der Waals surface area contributed by atoms with Gasteiger partial charge in [0.15, 0.2) is 0 Å². The van der Waals surface area contributed by atoms with E-state index in [2.05, 4.69) is 41.4 Å². The molecule has 0 aromatic carbocycles. The smallest absolute Gasteiger partial charge is 0.137 e. The van der Waals surface area contributed by atoms with Crippen LogP contribution in [0.1, 0.15) is 69.3 Å². The number of hydrogen-bond donors (Lipinski definition) is 1. The summed E-state index contributed by atoms with van der Waals surface area (Å²) in [6.45, 7) is 4.42. The van der Waals surface area contributed by atoms with Gasteiger partial charge in [-0.3, -0.25) is 4.40 Å². The molecule has 1 aliphatic rings. The van der Waals surface area contributed by atoms with Gasteiger partial charge in [0.2, 0.25) is 0 Å². The molecule has 3 rings (SSSR count). The van der Waals surface area contributed by atoms with Crippen LogP contribution in [0.15, 0.2) is 24.4 Å². The number of nitrogens with two attached hydrogens (primary N) is 1. The van der Waals surface area contributed by atoms with Crippen molar-refractivity contribution < 1.29 is 0 Å². The first-order valence-corrected chi connectivity index (χ1v) is 8.89. The van der Waals surface area contributed by atoms with Gasteiger partial charge in [0.25, 0.3) is 0 Å². The molecule has 1 aliphatic carbocycles. The van der Waals surface area contributed by atoms with Crippen molar-refractivity contribution in [1.29, 1.82) is 0 Å². The van der Waals surface area contributed by atoms with Crippen molar-refractivity contribution in [3.05, 3.63) is 35.8 Å². The first-order chi connectivity index (χ1) is 10.7. The van der Waals surface area contributed by atoms with Gasteiger partial charge in [-0.2, -0.15) is 0 Å². The number of imidazole rings is 1. The third kappa shape index (κ3) is 3.05. The highest BCUT2D eigenvalue weighted by molar-refractivity contribution is 5.42. The van der Waals surface area contributed by atoms with E-state index in [4.69, 9.17) is 5.73 Å². The summed E-state index contributed by atoms with van der Waals surface area (Å²) in [5.74, 6) is 1.55. The van der Waals surface area contributed by atoms with Crippen LogP contribution in [0, 0.1) is 18.8 Å². The number of rotatable bonds is 5. The first kappa shape index (κ1) is 15.5. The molecule has 0 amide bonds. The van der Waals surface area contributed by atoms with E-state index < -0.39 is 0 Å². The minimum absolute atomic E-state index is 0.114. The third-order valence-electron chi connectivity index (χ3n) is 5.46. The van der Waals surface area contributed by atoms with Gasteiger partial charge in [0.05, 0.1) is 11.9 Å². The molecule has 3 nitrogen and oxygen atoms in total. The van der Waals surface area contributed by atoms with Gasteiger partial charge < -0.3 is 5.73 Å². The Bertz CT molecular complexity index is 608. The SMILES string of the molecule is CCCCC1CCC(C(N)c2cnc3cccc(C)n23)CC1. The Morgan fingerprint density at radius 1 is 1.27 bits per heavy atom. The Morgan fingerprint density at radius 3 is 2.77 bits per heavy atom. The zero-order chi connectivity index (χ0) is 15.5.